The van der Waals surface area contributed by atoms with Gasteiger partial charge in [0.25, 0.3) is 0 Å². The highest BCUT2D eigenvalue weighted by Gasteiger charge is 2.20. The van der Waals surface area contributed by atoms with Crippen LogP contribution in [0.1, 0.15) is 37.3 Å². The molecule has 7 heteroatoms. The zero-order valence-corrected chi connectivity index (χ0v) is 22.7. The molecule has 40 heavy (non-hydrogen) atoms. The van der Waals surface area contributed by atoms with Crippen molar-refractivity contribution < 1.29 is 4.39 Å². The van der Waals surface area contributed by atoms with E-state index in [2.05, 4.69) is 43.6 Å². The van der Waals surface area contributed by atoms with Gasteiger partial charge in [-0.3, -0.25) is 15.1 Å². The molecular weight excluding hydrogens is 499 g/mol. The topological polar surface area (TPSA) is 82.3 Å². The predicted molar refractivity (Wildman–Crippen MR) is 161 cm³/mol. The Labute approximate surface area is 232 Å². The van der Waals surface area contributed by atoms with E-state index in [9.17, 15) is 4.39 Å². The zero-order chi connectivity index (χ0) is 27.8. The number of hydrogen-bond donors (Lipinski definition) is 3. The molecule has 1 aliphatic carbocycles. The number of aryl methyl sites for hydroxylation is 1. The molecule has 4 heterocycles. The van der Waals surface area contributed by atoms with Crippen molar-refractivity contribution >= 4 is 34.3 Å². The number of aromatic amines is 2. The average molecular weight is 531 g/mol. The molecule has 4 aromatic heterocycles. The minimum absolute atomic E-state index is 0.269. The summed E-state index contributed by atoms with van der Waals surface area (Å²) in [4.78, 5) is 12.3. The van der Waals surface area contributed by atoms with Crippen molar-refractivity contribution in [2.24, 2.45) is 5.92 Å². The Balaban J connectivity index is 1.38. The van der Waals surface area contributed by atoms with Crippen LogP contribution < -0.4 is 15.9 Å². The Morgan fingerprint density at radius 2 is 1.88 bits per heavy atom. The van der Waals surface area contributed by atoms with Gasteiger partial charge in [-0.2, -0.15) is 5.10 Å². The lowest BCUT2D eigenvalue weighted by Crippen LogP contribution is -2.23. The van der Waals surface area contributed by atoms with Crippen molar-refractivity contribution in [3.8, 4) is 22.5 Å². The number of pyridine rings is 2. The molecule has 200 valence electrons. The van der Waals surface area contributed by atoms with Crippen molar-refractivity contribution in [2.75, 3.05) is 5.32 Å². The van der Waals surface area contributed by atoms with Gasteiger partial charge >= 0.3 is 0 Å². The van der Waals surface area contributed by atoms with Crippen LogP contribution in [0, 0.1) is 18.7 Å². The SMILES string of the molecule is C=C(/C=c1/c(-c2cc3c(-c4cc(C)cc(F)c4)cncc3[nH]2)n[nH]/c1=C/C)c1cncc(NC(=C)C2CCC2)c1. The van der Waals surface area contributed by atoms with Crippen LogP contribution in [-0.4, -0.2) is 25.1 Å². The zero-order valence-electron chi connectivity index (χ0n) is 22.7. The Kier molecular flexibility index (Phi) is 6.64. The molecule has 0 unspecified atom stereocenters. The summed E-state index contributed by atoms with van der Waals surface area (Å²) < 4.78 is 14.2. The third-order valence-corrected chi connectivity index (χ3v) is 7.61. The van der Waals surface area contributed by atoms with E-state index in [1.54, 1.807) is 12.4 Å². The third kappa shape index (κ3) is 4.86. The number of anilines is 1. The van der Waals surface area contributed by atoms with Crippen molar-refractivity contribution in [3.05, 3.63) is 101 Å². The Morgan fingerprint density at radius 3 is 2.62 bits per heavy atom. The lowest BCUT2D eigenvalue weighted by Gasteiger charge is -2.28. The Bertz CT molecular complexity index is 1870. The maximum atomic E-state index is 14.2. The number of nitrogens with zero attached hydrogens (tertiary/aromatic N) is 3. The quantitative estimate of drug-likeness (QED) is 0.225. The number of allylic oxidation sites excluding steroid dienone is 2. The molecule has 1 aliphatic rings. The third-order valence-electron chi connectivity index (χ3n) is 7.61. The van der Waals surface area contributed by atoms with E-state index < -0.39 is 0 Å². The molecule has 6 rings (SSSR count). The van der Waals surface area contributed by atoms with Crippen molar-refractivity contribution in [2.45, 2.75) is 33.1 Å². The van der Waals surface area contributed by atoms with Gasteiger partial charge < -0.3 is 10.3 Å². The average Bonchev–Trinajstić information content (AvgIpc) is 3.50. The first-order valence-electron chi connectivity index (χ1n) is 13.5. The van der Waals surface area contributed by atoms with Crippen molar-refractivity contribution in [1.29, 1.82) is 0 Å². The standard InChI is InChI=1S/C33H31FN6/c1-5-30-28(11-20(3)24-13-26(16-35-15-24)37-21(4)22-7-6-8-22)33(40-39-30)31-14-27-29(17-36-18-32(27)38-31)23-9-19(2)10-25(34)12-23/h5,9-18,22,37-39H,3-4,6-8H2,1-2H3/b28-11+,30-5+. The summed E-state index contributed by atoms with van der Waals surface area (Å²) in [6, 6.07) is 9.11. The summed E-state index contributed by atoms with van der Waals surface area (Å²) in [5.41, 5.74) is 8.59. The molecule has 0 bridgehead atoms. The number of benzene rings is 1. The molecule has 3 N–H and O–H groups in total. The van der Waals surface area contributed by atoms with Gasteiger partial charge in [0.1, 0.15) is 11.5 Å². The molecular formula is C33H31FN6. The number of hydrogen-bond acceptors (Lipinski definition) is 4. The summed E-state index contributed by atoms with van der Waals surface area (Å²) in [5.74, 6) is 0.265. The molecule has 0 amide bonds. The number of fused-ring (bicyclic) bond motifs is 1. The molecule has 0 radical (unpaired) electrons. The van der Waals surface area contributed by atoms with Crippen LogP contribution >= 0.6 is 0 Å². The van der Waals surface area contributed by atoms with E-state index in [0.717, 1.165) is 72.1 Å². The van der Waals surface area contributed by atoms with E-state index >= 15 is 0 Å². The first kappa shape index (κ1) is 25.5. The molecule has 6 nitrogen and oxygen atoms in total. The van der Waals surface area contributed by atoms with Gasteiger partial charge in [-0.1, -0.05) is 31.7 Å². The largest absolute Gasteiger partial charge is 0.358 e. The summed E-state index contributed by atoms with van der Waals surface area (Å²) in [6.07, 6.45) is 14.8. The fraction of sp³-hybridized carbons (Fsp3) is 0.182. The second-order valence-electron chi connectivity index (χ2n) is 10.4. The van der Waals surface area contributed by atoms with E-state index in [1.807, 2.05) is 56.6 Å². The molecule has 1 saturated carbocycles. The molecule has 0 saturated heterocycles. The first-order valence-corrected chi connectivity index (χ1v) is 13.5. The second-order valence-corrected chi connectivity index (χ2v) is 10.4. The minimum Gasteiger partial charge on any atom is -0.358 e. The van der Waals surface area contributed by atoms with Crippen molar-refractivity contribution in [1.82, 2.24) is 25.1 Å². The normalized spacial score (nSPS) is 14.5. The van der Waals surface area contributed by atoms with E-state index in [4.69, 9.17) is 0 Å². The van der Waals surface area contributed by atoms with Crippen LogP contribution in [0.2, 0.25) is 0 Å². The summed E-state index contributed by atoms with van der Waals surface area (Å²) in [7, 11) is 0. The van der Waals surface area contributed by atoms with Gasteiger partial charge in [-0.15, -0.1) is 0 Å². The Morgan fingerprint density at radius 1 is 1.05 bits per heavy atom. The monoisotopic (exact) mass is 530 g/mol. The van der Waals surface area contributed by atoms with Crippen molar-refractivity contribution in [3.63, 3.8) is 0 Å². The van der Waals surface area contributed by atoms with Gasteiger partial charge in [-0.25, -0.2) is 4.39 Å². The number of H-pyrrole nitrogens is 2. The van der Waals surface area contributed by atoms with Gasteiger partial charge in [0.2, 0.25) is 0 Å². The maximum Gasteiger partial charge on any atom is 0.124 e. The van der Waals surface area contributed by atoms with Crippen LogP contribution in [0.4, 0.5) is 10.1 Å². The van der Waals surface area contributed by atoms with Crippen LogP contribution in [0.3, 0.4) is 0 Å². The van der Waals surface area contributed by atoms with E-state index in [1.165, 1.54) is 31.4 Å². The summed E-state index contributed by atoms with van der Waals surface area (Å²) in [6.45, 7) is 12.4. The first-order chi connectivity index (χ1) is 19.4. The number of rotatable bonds is 7. The molecule has 0 aliphatic heterocycles. The van der Waals surface area contributed by atoms with Crippen LogP contribution in [0.25, 0.3) is 51.1 Å². The van der Waals surface area contributed by atoms with Crippen LogP contribution in [-0.2, 0) is 0 Å². The number of aromatic nitrogens is 5. The highest BCUT2D eigenvalue weighted by atomic mass is 19.1. The van der Waals surface area contributed by atoms with Gasteiger partial charge in [0.15, 0.2) is 0 Å². The molecule has 0 atom stereocenters. The summed E-state index contributed by atoms with van der Waals surface area (Å²) >= 11 is 0. The highest BCUT2D eigenvalue weighted by molar-refractivity contribution is 5.97. The number of nitrogens with one attached hydrogen (secondary N) is 3. The Hall–Kier alpha value is -4.78. The lowest BCUT2D eigenvalue weighted by molar-refractivity contribution is 0.371. The molecule has 0 spiro atoms. The predicted octanol–water partition coefficient (Wildman–Crippen LogP) is 6.48. The fourth-order valence-corrected chi connectivity index (χ4v) is 5.22. The lowest BCUT2D eigenvalue weighted by atomic mass is 9.83. The van der Waals surface area contributed by atoms with Crippen LogP contribution in [0.15, 0.2) is 74.0 Å². The molecule has 1 aromatic carbocycles. The highest BCUT2D eigenvalue weighted by Crippen LogP contribution is 2.33. The van der Waals surface area contributed by atoms with Gasteiger partial charge in [-0.05, 0) is 79.6 Å². The van der Waals surface area contributed by atoms with Gasteiger partial charge in [0.05, 0.1) is 34.6 Å². The molecule has 1 fully saturated rings. The summed E-state index contributed by atoms with van der Waals surface area (Å²) in [5, 5.41) is 14.0. The maximum absolute atomic E-state index is 14.2. The minimum atomic E-state index is -0.269. The fourth-order valence-electron chi connectivity index (χ4n) is 5.22. The molecule has 5 aromatic rings. The number of halogens is 1. The van der Waals surface area contributed by atoms with E-state index in [0.29, 0.717) is 5.92 Å². The second kappa shape index (κ2) is 10.4. The van der Waals surface area contributed by atoms with Gasteiger partial charge in [0, 0.05) is 39.8 Å². The van der Waals surface area contributed by atoms with Crippen LogP contribution in [0.5, 0.6) is 0 Å². The van der Waals surface area contributed by atoms with E-state index in [-0.39, 0.29) is 5.82 Å². The smallest absolute Gasteiger partial charge is 0.124 e.